The number of ether oxygens (including phenoxy) is 2. The predicted molar refractivity (Wildman–Crippen MR) is 82.7 cm³/mol. The molecule has 1 aromatic carbocycles. The van der Waals surface area contributed by atoms with E-state index in [0.717, 1.165) is 0 Å². The van der Waals surface area contributed by atoms with E-state index < -0.39 is 17.9 Å². The number of amides is 3. The van der Waals surface area contributed by atoms with Crippen LogP contribution in [-0.4, -0.2) is 38.2 Å². The third kappa shape index (κ3) is 5.57. The molecule has 0 bridgehead atoms. The minimum atomic E-state index is -0.631. The van der Waals surface area contributed by atoms with Crippen LogP contribution in [0.2, 0.25) is 0 Å². The first-order chi connectivity index (χ1) is 10.5. The first-order valence-corrected chi connectivity index (χ1v) is 6.96. The highest BCUT2D eigenvalue weighted by Gasteiger charge is 2.11. The van der Waals surface area contributed by atoms with Gasteiger partial charge >= 0.3 is 12.0 Å². The fraction of sp³-hybridized carbons (Fsp3) is 0.214. The van der Waals surface area contributed by atoms with E-state index in [1.165, 1.54) is 31.4 Å². The Balaban J connectivity index is 2.54. The molecule has 1 aromatic rings. The van der Waals surface area contributed by atoms with Crippen molar-refractivity contribution in [3.63, 3.8) is 0 Å². The maximum Gasteiger partial charge on any atom is 0.337 e. The maximum absolute atomic E-state index is 11.5. The third-order valence-corrected chi connectivity index (χ3v) is 2.99. The minimum absolute atomic E-state index is 0.251. The van der Waals surface area contributed by atoms with Gasteiger partial charge in [-0.15, -0.1) is 6.58 Å². The Hall–Kier alpha value is -2.35. The summed E-state index contributed by atoms with van der Waals surface area (Å²) in [5.41, 5.74) is 0.343. The summed E-state index contributed by atoms with van der Waals surface area (Å²) in [6.45, 7) is 3.33. The van der Waals surface area contributed by atoms with Gasteiger partial charge in [-0.25, -0.2) is 9.59 Å². The van der Waals surface area contributed by atoms with E-state index in [1.54, 1.807) is 0 Å². The molecule has 0 aliphatic rings. The molecule has 0 saturated carbocycles. The van der Waals surface area contributed by atoms with Crippen LogP contribution in [0.3, 0.4) is 0 Å². The molecule has 0 spiro atoms. The van der Waals surface area contributed by atoms with Crippen LogP contribution in [0.25, 0.3) is 0 Å². The molecule has 0 radical (unpaired) electrons. The van der Waals surface area contributed by atoms with Crippen molar-refractivity contribution in [1.82, 2.24) is 10.6 Å². The predicted octanol–water partition coefficient (Wildman–Crippen LogP) is 1.63. The summed E-state index contributed by atoms with van der Waals surface area (Å²) in [6, 6.07) is 3.89. The van der Waals surface area contributed by atoms with E-state index in [-0.39, 0.29) is 13.2 Å². The summed E-state index contributed by atoms with van der Waals surface area (Å²) in [5, 5.41) is 4.49. The number of imide groups is 1. The molecule has 0 aliphatic carbocycles. The average Bonchev–Trinajstić information content (AvgIpc) is 2.50. The number of urea groups is 1. The monoisotopic (exact) mass is 370 g/mol. The molecule has 0 aliphatic heterocycles. The molecule has 22 heavy (non-hydrogen) atoms. The highest BCUT2D eigenvalue weighted by atomic mass is 79.9. The number of carbonyl (C=O) groups is 3. The largest absolute Gasteiger partial charge is 0.483 e. The summed E-state index contributed by atoms with van der Waals surface area (Å²) in [7, 11) is 1.28. The normalized spacial score (nSPS) is 9.55. The zero-order valence-corrected chi connectivity index (χ0v) is 13.4. The van der Waals surface area contributed by atoms with Gasteiger partial charge in [0.15, 0.2) is 6.61 Å². The Morgan fingerprint density at radius 3 is 2.68 bits per heavy atom. The van der Waals surface area contributed by atoms with Crippen LogP contribution < -0.4 is 15.4 Å². The van der Waals surface area contributed by atoms with Crippen LogP contribution in [-0.2, 0) is 9.53 Å². The highest BCUT2D eigenvalue weighted by Crippen LogP contribution is 2.26. The summed E-state index contributed by atoms with van der Waals surface area (Å²) in [5.74, 6) is -0.733. The molecule has 7 nitrogen and oxygen atoms in total. The number of benzene rings is 1. The fourth-order valence-corrected chi connectivity index (χ4v) is 1.87. The van der Waals surface area contributed by atoms with Gasteiger partial charge in [0.1, 0.15) is 5.75 Å². The van der Waals surface area contributed by atoms with Crippen molar-refractivity contribution >= 4 is 33.8 Å². The van der Waals surface area contributed by atoms with Crippen molar-refractivity contribution in [2.75, 3.05) is 20.3 Å². The molecular weight excluding hydrogens is 356 g/mol. The van der Waals surface area contributed by atoms with Crippen LogP contribution in [0.1, 0.15) is 10.4 Å². The molecule has 118 valence electrons. The maximum atomic E-state index is 11.5. The van der Waals surface area contributed by atoms with E-state index in [4.69, 9.17) is 4.74 Å². The second-order valence-corrected chi connectivity index (χ2v) is 4.83. The van der Waals surface area contributed by atoms with Crippen LogP contribution in [0.5, 0.6) is 5.75 Å². The molecule has 0 fully saturated rings. The zero-order valence-electron chi connectivity index (χ0n) is 11.8. The quantitative estimate of drug-likeness (QED) is 0.586. The summed E-state index contributed by atoms with van der Waals surface area (Å²) in [4.78, 5) is 34.1. The van der Waals surface area contributed by atoms with Gasteiger partial charge in [0, 0.05) is 6.54 Å². The molecule has 0 heterocycles. The van der Waals surface area contributed by atoms with Gasteiger partial charge in [-0.1, -0.05) is 6.08 Å². The molecule has 0 unspecified atom stereocenters. The number of methoxy groups -OCH3 is 1. The summed E-state index contributed by atoms with van der Waals surface area (Å²) >= 11 is 3.22. The standard InChI is InChI=1S/C14H15BrN2O5/c1-3-6-16-14(20)17-12(18)8-22-11-5-4-9(7-10(11)15)13(19)21-2/h3-5,7H,1,6,8H2,2H3,(H2,16,17,18,20). The van der Waals surface area contributed by atoms with Crippen molar-refractivity contribution in [1.29, 1.82) is 0 Å². The Labute approximate surface area is 135 Å². The second kappa shape index (κ2) is 8.83. The topological polar surface area (TPSA) is 93.7 Å². The van der Waals surface area contributed by atoms with Crippen molar-refractivity contribution < 1.29 is 23.9 Å². The molecule has 0 aromatic heterocycles. The van der Waals surface area contributed by atoms with Gasteiger partial charge in [0.05, 0.1) is 17.1 Å². The van der Waals surface area contributed by atoms with Gasteiger partial charge < -0.3 is 14.8 Å². The van der Waals surface area contributed by atoms with Gasteiger partial charge in [-0.3, -0.25) is 10.1 Å². The van der Waals surface area contributed by atoms with Gasteiger partial charge in [0.2, 0.25) is 0 Å². The molecule has 2 N–H and O–H groups in total. The molecular formula is C14H15BrN2O5. The lowest BCUT2D eigenvalue weighted by atomic mass is 10.2. The SMILES string of the molecule is C=CCNC(=O)NC(=O)COc1ccc(C(=O)OC)cc1Br. The smallest absolute Gasteiger partial charge is 0.337 e. The fourth-order valence-electron chi connectivity index (χ4n) is 1.38. The number of nitrogens with one attached hydrogen (secondary N) is 2. The van der Waals surface area contributed by atoms with E-state index >= 15 is 0 Å². The van der Waals surface area contributed by atoms with E-state index in [0.29, 0.717) is 15.8 Å². The van der Waals surface area contributed by atoms with E-state index in [1.807, 2.05) is 0 Å². The van der Waals surface area contributed by atoms with Gasteiger partial charge in [-0.2, -0.15) is 0 Å². The lowest BCUT2D eigenvalue weighted by molar-refractivity contribution is -0.122. The lowest BCUT2D eigenvalue weighted by Gasteiger charge is -2.09. The van der Waals surface area contributed by atoms with E-state index in [2.05, 4.69) is 37.9 Å². The van der Waals surface area contributed by atoms with Crippen LogP contribution in [0, 0.1) is 0 Å². The highest BCUT2D eigenvalue weighted by molar-refractivity contribution is 9.10. The number of rotatable bonds is 6. The third-order valence-electron chi connectivity index (χ3n) is 2.37. The van der Waals surface area contributed by atoms with Crippen molar-refractivity contribution in [2.24, 2.45) is 0 Å². The van der Waals surface area contributed by atoms with Crippen molar-refractivity contribution in [3.05, 3.63) is 40.9 Å². The minimum Gasteiger partial charge on any atom is -0.483 e. The summed E-state index contributed by atoms with van der Waals surface area (Å²) in [6.07, 6.45) is 1.49. The van der Waals surface area contributed by atoms with Crippen molar-refractivity contribution in [2.45, 2.75) is 0 Å². The average molecular weight is 371 g/mol. The lowest BCUT2D eigenvalue weighted by Crippen LogP contribution is -2.41. The van der Waals surface area contributed by atoms with Crippen LogP contribution in [0.15, 0.2) is 35.3 Å². The number of carbonyl (C=O) groups excluding carboxylic acids is 3. The molecule has 1 rings (SSSR count). The number of esters is 1. The molecule has 8 heteroatoms. The van der Waals surface area contributed by atoms with E-state index in [9.17, 15) is 14.4 Å². The Kier molecular flexibility index (Phi) is 7.11. The van der Waals surface area contributed by atoms with Gasteiger partial charge in [-0.05, 0) is 34.1 Å². The molecule has 0 atom stereocenters. The van der Waals surface area contributed by atoms with Crippen LogP contribution >= 0.6 is 15.9 Å². The molecule has 3 amide bonds. The first kappa shape index (κ1) is 17.7. The Morgan fingerprint density at radius 2 is 2.09 bits per heavy atom. The molecule has 0 saturated heterocycles. The Bertz CT molecular complexity index is 589. The number of hydrogen-bond donors (Lipinski definition) is 2. The zero-order chi connectivity index (χ0) is 16.5. The van der Waals surface area contributed by atoms with Crippen LogP contribution in [0.4, 0.5) is 4.79 Å². The summed E-state index contributed by atoms with van der Waals surface area (Å²) < 4.78 is 10.3. The first-order valence-electron chi connectivity index (χ1n) is 6.17. The number of halogens is 1. The van der Waals surface area contributed by atoms with Crippen molar-refractivity contribution in [3.8, 4) is 5.75 Å². The second-order valence-electron chi connectivity index (χ2n) is 3.97. The van der Waals surface area contributed by atoms with Gasteiger partial charge in [0.25, 0.3) is 5.91 Å². The number of hydrogen-bond acceptors (Lipinski definition) is 5. The Morgan fingerprint density at radius 1 is 1.36 bits per heavy atom.